The second kappa shape index (κ2) is 9.65. The smallest absolute Gasteiger partial charge is 0.227 e. The number of nitrogens with one attached hydrogen (secondary N) is 1. The highest BCUT2D eigenvalue weighted by molar-refractivity contribution is 5.79. The first-order valence-electron chi connectivity index (χ1n) is 10.7. The predicted molar refractivity (Wildman–Crippen MR) is 120 cm³/mol. The molecule has 0 bridgehead atoms. The van der Waals surface area contributed by atoms with Gasteiger partial charge in [-0.3, -0.25) is 4.79 Å². The maximum Gasteiger partial charge on any atom is 0.227 e. The lowest BCUT2D eigenvalue weighted by Crippen LogP contribution is -2.49. The number of aromatic hydroxyl groups is 1. The highest BCUT2D eigenvalue weighted by atomic mass is 19.1. The third-order valence-corrected chi connectivity index (χ3v) is 5.90. The van der Waals surface area contributed by atoms with Gasteiger partial charge >= 0.3 is 0 Å². The molecule has 2 atom stereocenters. The lowest BCUT2D eigenvalue weighted by Gasteiger charge is -2.39. The topological polar surface area (TPSA) is 52.6 Å². The third kappa shape index (κ3) is 5.63. The molecule has 0 unspecified atom stereocenters. The van der Waals surface area contributed by atoms with Gasteiger partial charge in [0.05, 0.1) is 6.42 Å². The van der Waals surface area contributed by atoms with Crippen LogP contribution in [0.2, 0.25) is 0 Å². The number of rotatable bonds is 6. The van der Waals surface area contributed by atoms with Crippen LogP contribution >= 0.6 is 0 Å². The van der Waals surface area contributed by atoms with Crippen LogP contribution in [0.1, 0.15) is 17.5 Å². The molecular formula is C26H27FN2O2. The third-order valence-electron chi connectivity index (χ3n) is 5.90. The molecule has 0 spiro atoms. The van der Waals surface area contributed by atoms with Crippen LogP contribution in [-0.2, 0) is 17.6 Å². The van der Waals surface area contributed by atoms with Crippen molar-refractivity contribution in [2.75, 3.05) is 18.4 Å². The minimum Gasteiger partial charge on any atom is -0.508 e. The van der Waals surface area contributed by atoms with Crippen molar-refractivity contribution in [1.82, 2.24) is 4.90 Å². The van der Waals surface area contributed by atoms with E-state index in [0.29, 0.717) is 19.5 Å². The first-order valence-corrected chi connectivity index (χ1v) is 10.7. The molecule has 3 aromatic carbocycles. The molecule has 2 N–H and O–H groups in total. The quantitative estimate of drug-likeness (QED) is 0.613. The minimum absolute atomic E-state index is 0.0907. The Morgan fingerprint density at radius 2 is 1.77 bits per heavy atom. The molecule has 0 aromatic heterocycles. The second-order valence-electron chi connectivity index (χ2n) is 8.18. The van der Waals surface area contributed by atoms with Gasteiger partial charge in [0.2, 0.25) is 5.91 Å². The summed E-state index contributed by atoms with van der Waals surface area (Å²) in [4.78, 5) is 14.9. The second-order valence-corrected chi connectivity index (χ2v) is 8.18. The van der Waals surface area contributed by atoms with E-state index in [1.807, 2.05) is 29.2 Å². The molecule has 1 aliphatic rings. The van der Waals surface area contributed by atoms with Crippen LogP contribution in [0.5, 0.6) is 5.75 Å². The fourth-order valence-corrected chi connectivity index (χ4v) is 4.26. The van der Waals surface area contributed by atoms with Gasteiger partial charge < -0.3 is 15.3 Å². The monoisotopic (exact) mass is 418 g/mol. The number of carbonyl (C=O) groups excluding carboxylic acids is 1. The summed E-state index contributed by atoms with van der Waals surface area (Å²) < 4.78 is 13.7. The van der Waals surface area contributed by atoms with E-state index in [9.17, 15) is 14.3 Å². The standard InChI is InChI=1S/C26H27FN2O2/c27-22-7-4-8-23(17-22)28-25-13-14-29(18-21(25)15-19-5-2-1-3-6-19)26(31)16-20-9-11-24(30)12-10-20/h1-12,17,21,25,28,30H,13-16,18H2/t21-,25+/m0/s1. The largest absolute Gasteiger partial charge is 0.508 e. The van der Waals surface area contributed by atoms with Crippen molar-refractivity contribution in [3.63, 3.8) is 0 Å². The number of halogens is 1. The molecule has 160 valence electrons. The van der Waals surface area contributed by atoms with E-state index in [2.05, 4.69) is 17.4 Å². The van der Waals surface area contributed by atoms with E-state index < -0.39 is 0 Å². The van der Waals surface area contributed by atoms with Crippen molar-refractivity contribution >= 4 is 11.6 Å². The molecular weight excluding hydrogens is 391 g/mol. The normalized spacial score (nSPS) is 18.5. The van der Waals surface area contributed by atoms with Gasteiger partial charge in [-0.15, -0.1) is 0 Å². The van der Waals surface area contributed by atoms with Crippen LogP contribution in [0.25, 0.3) is 0 Å². The summed E-state index contributed by atoms with van der Waals surface area (Å²) in [6.45, 7) is 1.31. The molecule has 31 heavy (non-hydrogen) atoms. The summed E-state index contributed by atoms with van der Waals surface area (Å²) in [5.41, 5.74) is 2.89. The highest BCUT2D eigenvalue weighted by Crippen LogP contribution is 2.26. The Kier molecular flexibility index (Phi) is 6.51. The highest BCUT2D eigenvalue weighted by Gasteiger charge is 2.31. The Balaban J connectivity index is 1.47. The van der Waals surface area contributed by atoms with Gasteiger partial charge in [0.25, 0.3) is 0 Å². The first-order chi connectivity index (χ1) is 15.1. The van der Waals surface area contributed by atoms with Crippen molar-refractivity contribution in [1.29, 1.82) is 0 Å². The van der Waals surface area contributed by atoms with Gasteiger partial charge in [0.15, 0.2) is 0 Å². The number of phenols is 1. The number of likely N-dealkylation sites (tertiary alicyclic amines) is 1. The SMILES string of the molecule is O=C(Cc1ccc(O)cc1)N1CC[C@@H](Nc2cccc(F)c2)[C@@H](Cc2ccccc2)C1. The van der Waals surface area contributed by atoms with Crippen molar-refractivity contribution in [2.45, 2.75) is 25.3 Å². The molecule has 3 aromatic rings. The molecule has 1 amide bonds. The molecule has 4 nitrogen and oxygen atoms in total. The van der Waals surface area contributed by atoms with E-state index >= 15 is 0 Å². The number of piperidine rings is 1. The van der Waals surface area contributed by atoms with Crippen molar-refractivity contribution in [3.8, 4) is 5.75 Å². The fourth-order valence-electron chi connectivity index (χ4n) is 4.26. The van der Waals surface area contributed by atoms with Gasteiger partial charge in [0, 0.05) is 30.7 Å². The van der Waals surface area contributed by atoms with Crippen LogP contribution in [0.4, 0.5) is 10.1 Å². The first kappa shape index (κ1) is 20.9. The molecule has 4 rings (SSSR count). The number of hydrogen-bond donors (Lipinski definition) is 2. The molecule has 1 fully saturated rings. The number of benzene rings is 3. The van der Waals surface area contributed by atoms with Crippen LogP contribution < -0.4 is 5.32 Å². The van der Waals surface area contributed by atoms with Gasteiger partial charge in [-0.2, -0.15) is 0 Å². The lowest BCUT2D eigenvalue weighted by molar-refractivity contribution is -0.132. The molecule has 0 saturated carbocycles. The van der Waals surface area contributed by atoms with Crippen molar-refractivity contribution < 1.29 is 14.3 Å². The average Bonchev–Trinajstić information content (AvgIpc) is 2.77. The summed E-state index contributed by atoms with van der Waals surface area (Å²) in [6, 6.07) is 23.8. The maximum atomic E-state index is 13.7. The Hall–Kier alpha value is -3.34. The van der Waals surface area contributed by atoms with Gasteiger partial charge in [-0.05, 0) is 54.3 Å². The summed E-state index contributed by atoms with van der Waals surface area (Å²) >= 11 is 0. The number of phenolic OH excluding ortho intramolecular Hbond substituents is 1. The van der Waals surface area contributed by atoms with E-state index in [1.54, 1.807) is 30.3 Å². The van der Waals surface area contributed by atoms with E-state index in [1.165, 1.54) is 17.7 Å². The van der Waals surface area contributed by atoms with Crippen LogP contribution in [0, 0.1) is 11.7 Å². The molecule has 1 aliphatic heterocycles. The van der Waals surface area contributed by atoms with E-state index in [4.69, 9.17) is 0 Å². The molecule has 0 aliphatic carbocycles. The summed E-state index contributed by atoms with van der Waals surface area (Å²) in [6.07, 6.45) is 1.96. The lowest BCUT2D eigenvalue weighted by atomic mass is 9.86. The Morgan fingerprint density at radius 1 is 1.00 bits per heavy atom. The van der Waals surface area contributed by atoms with Crippen molar-refractivity contribution in [2.24, 2.45) is 5.92 Å². The molecule has 5 heteroatoms. The molecule has 0 radical (unpaired) electrons. The fraction of sp³-hybridized carbons (Fsp3) is 0.269. The van der Waals surface area contributed by atoms with Crippen LogP contribution in [0.15, 0.2) is 78.9 Å². The Morgan fingerprint density at radius 3 is 2.52 bits per heavy atom. The Labute approximate surface area is 182 Å². The summed E-state index contributed by atoms with van der Waals surface area (Å²) in [7, 11) is 0. The zero-order valence-corrected chi connectivity index (χ0v) is 17.4. The van der Waals surface area contributed by atoms with E-state index in [-0.39, 0.29) is 29.4 Å². The summed E-state index contributed by atoms with van der Waals surface area (Å²) in [5, 5.41) is 13.0. The number of amides is 1. The Bertz CT molecular complexity index is 1010. The van der Waals surface area contributed by atoms with Crippen LogP contribution in [-0.4, -0.2) is 35.0 Å². The number of carbonyl (C=O) groups is 1. The molecule has 1 saturated heterocycles. The van der Waals surface area contributed by atoms with Crippen LogP contribution in [0.3, 0.4) is 0 Å². The number of hydrogen-bond acceptors (Lipinski definition) is 3. The average molecular weight is 419 g/mol. The zero-order chi connectivity index (χ0) is 21.6. The zero-order valence-electron chi connectivity index (χ0n) is 17.4. The maximum absolute atomic E-state index is 13.7. The molecule has 1 heterocycles. The predicted octanol–water partition coefficient (Wildman–Crippen LogP) is 4.65. The van der Waals surface area contributed by atoms with Crippen molar-refractivity contribution in [3.05, 3.63) is 95.8 Å². The minimum atomic E-state index is -0.258. The number of nitrogens with zero attached hydrogens (tertiary/aromatic N) is 1. The van der Waals surface area contributed by atoms with E-state index in [0.717, 1.165) is 24.1 Å². The van der Waals surface area contributed by atoms with Gasteiger partial charge in [-0.25, -0.2) is 4.39 Å². The summed E-state index contributed by atoms with van der Waals surface area (Å²) in [5.74, 6) is 0.241. The number of anilines is 1. The van der Waals surface area contributed by atoms with Gasteiger partial charge in [0.1, 0.15) is 11.6 Å². The van der Waals surface area contributed by atoms with Gasteiger partial charge in [-0.1, -0.05) is 48.5 Å².